The molecule has 4 aliphatic rings. The summed E-state index contributed by atoms with van der Waals surface area (Å²) in [5.74, 6) is -0.710. The SMILES string of the molecule is CC(=O)N[C@H]1[C@@H](O[C@H]2[C@@H](O)[C@@H](CO)O[C@@H](O[C@H]3[C@H](O)[C@@H](O)[C@H](O)O[C@@H]3CO)[C@@H]2O[C@@H]2O[C@@H](C)[C@@H](O)[C@@H](O)[C@@H]2O)O[C@H](CO)[C@H](O)[C@@H]1O. The molecule has 4 saturated heterocycles. The van der Waals surface area contributed by atoms with Crippen LogP contribution in [0.5, 0.6) is 0 Å². The number of amides is 1. The van der Waals surface area contributed by atoms with Crippen molar-refractivity contribution in [3.8, 4) is 0 Å². The molecule has 0 radical (unpaired) electrons. The van der Waals surface area contributed by atoms with Gasteiger partial charge in [0.25, 0.3) is 0 Å². The molecule has 20 atom stereocenters. The molecule has 0 unspecified atom stereocenters. The van der Waals surface area contributed by atoms with Gasteiger partial charge < -0.3 is 99.8 Å². The molecule has 47 heavy (non-hydrogen) atoms. The fourth-order valence-corrected chi connectivity index (χ4v) is 5.86. The topological polar surface area (TPSA) is 336 Å². The molecule has 13 N–H and O–H groups in total. The molecule has 4 heterocycles. The first-order chi connectivity index (χ1) is 22.1. The van der Waals surface area contributed by atoms with E-state index in [4.69, 9.17) is 33.2 Å². The smallest absolute Gasteiger partial charge is 0.217 e. The van der Waals surface area contributed by atoms with Crippen molar-refractivity contribution >= 4 is 5.91 Å². The summed E-state index contributed by atoms with van der Waals surface area (Å²) in [6.45, 7) is -0.177. The molecule has 0 aliphatic carbocycles. The van der Waals surface area contributed by atoms with E-state index >= 15 is 0 Å². The van der Waals surface area contributed by atoms with Gasteiger partial charge in [0.05, 0.1) is 25.9 Å². The van der Waals surface area contributed by atoms with Crippen LogP contribution in [0.2, 0.25) is 0 Å². The third-order valence-electron chi connectivity index (χ3n) is 8.57. The highest BCUT2D eigenvalue weighted by Gasteiger charge is 2.56. The number of aliphatic hydroxyl groups is 12. The Bertz CT molecular complexity index is 1010. The molecular weight excluding hydrogens is 646 g/mol. The lowest BCUT2D eigenvalue weighted by Crippen LogP contribution is -2.69. The van der Waals surface area contributed by atoms with Gasteiger partial charge in [-0.2, -0.15) is 0 Å². The van der Waals surface area contributed by atoms with Crippen LogP contribution in [0.3, 0.4) is 0 Å². The quantitative estimate of drug-likeness (QED) is 0.101. The monoisotopic (exact) mass is 691 g/mol. The molecule has 1 amide bonds. The average Bonchev–Trinajstić information content (AvgIpc) is 3.04. The predicted molar refractivity (Wildman–Crippen MR) is 144 cm³/mol. The fraction of sp³-hybridized carbons (Fsp3) is 0.962. The Kier molecular flexibility index (Phi) is 13.2. The highest BCUT2D eigenvalue weighted by Crippen LogP contribution is 2.35. The molecule has 0 spiro atoms. The van der Waals surface area contributed by atoms with Gasteiger partial charge >= 0.3 is 0 Å². The molecule has 0 aromatic heterocycles. The van der Waals surface area contributed by atoms with Gasteiger partial charge in [-0.25, -0.2) is 0 Å². The Balaban J connectivity index is 1.73. The van der Waals surface area contributed by atoms with Crippen LogP contribution in [0, 0.1) is 0 Å². The van der Waals surface area contributed by atoms with Crippen LogP contribution in [0.1, 0.15) is 13.8 Å². The van der Waals surface area contributed by atoms with Gasteiger partial charge in [0.15, 0.2) is 25.2 Å². The summed E-state index contributed by atoms with van der Waals surface area (Å²) in [6.07, 6.45) is -33.0. The minimum atomic E-state index is -1.95. The molecule has 4 rings (SSSR count). The van der Waals surface area contributed by atoms with Crippen molar-refractivity contribution in [3.63, 3.8) is 0 Å². The van der Waals surface area contributed by atoms with Gasteiger partial charge in [-0.1, -0.05) is 0 Å². The molecule has 4 fully saturated rings. The van der Waals surface area contributed by atoms with E-state index in [0.717, 1.165) is 6.92 Å². The number of hydrogen-bond donors (Lipinski definition) is 13. The molecule has 0 bridgehead atoms. The number of rotatable bonds is 10. The van der Waals surface area contributed by atoms with Gasteiger partial charge in [-0.05, 0) is 6.92 Å². The summed E-state index contributed by atoms with van der Waals surface area (Å²) in [6, 6.07) is -1.54. The van der Waals surface area contributed by atoms with Crippen LogP contribution < -0.4 is 5.32 Å². The molecule has 274 valence electrons. The number of hydrogen-bond acceptors (Lipinski definition) is 20. The summed E-state index contributed by atoms with van der Waals surface area (Å²) in [5.41, 5.74) is 0. The van der Waals surface area contributed by atoms with Crippen LogP contribution in [0.4, 0.5) is 0 Å². The normalized spacial score (nSPS) is 51.0. The van der Waals surface area contributed by atoms with E-state index in [1.165, 1.54) is 6.92 Å². The molecule has 4 aliphatic heterocycles. The number of aliphatic hydroxyl groups excluding tert-OH is 12. The second-order valence-electron chi connectivity index (χ2n) is 11.9. The number of nitrogens with one attached hydrogen (secondary N) is 1. The number of carbonyl (C=O) groups is 1. The number of ether oxygens (including phenoxy) is 7. The minimum absolute atomic E-state index is 0.710. The van der Waals surface area contributed by atoms with Crippen molar-refractivity contribution in [1.29, 1.82) is 0 Å². The average molecular weight is 692 g/mol. The second-order valence-corrected chi connectivity index (χ2v) is 11.9. The van der Waals surface area contributed by atoms with E-state index in [1.807, 2.05) is 0 Å². The molecule has 0 aromatic carbocycles. The fourth-order valence-electron chi connectivity index (χ4n) is 5.86. The molecule has 21 nitrogen and oxygen atoms in total. The van der Waals surface area contributed by atoms with Crippen LogP contribution in [0.15, 0.2) is 0 Å². The van der Waals surface area contributed by atoms with Crippen molar-refractivity contribution in [1.82, 2.24) is 5.32 Å². The summed E-state index contributed by atoms with van der Waals surface area (Å²) in [4.78, 5) is 12.0. The van der Waals surface area contributed by atoms with Crippen molar-refractivity contribution in [2.24, 2.45) is 0 Å². The Labute approximate surface area is 267 Å². The Hall–Kier alpha value is -1.29. The third kappa shape index (κ3) is 8.04. The van der Waals surface area contributed by atoms with Crippen LogP contribution in [0.25, 0.3) is 0 Å². The van der Waals surface area contributed by atoms with Gasteiger partial charge in [0.1, 0.15) is 91.5 Å². The molecule has 0 saturated carbocycles. The van der Waals surface area contributed by atoms with E-state index in [0.29, 0.717) is 0 Å². The number of carbonyl (C=O) groups excluding carboxylic acids is 1. The highest BCUT2D eigenvalue weighted by molar-refractivity contribution is 5.73. The van der Waals surface area contributed by atoms with Gasteiger partial charge in [-0.3, -0.25) is 4.79 Å². The van der Waals surface area contributed by atoms with E-state index in [1.54, 1.807) is 0 Å². The van der Waals surface area contributed by atoms with E-state index < -0.39 is 148 Å². The lowest BCUT2D eigenvalue weighted by atomic mass is 9.94. The summed E-state index contributed by atoms with van der Waals surface area (Å²) < 4.78 is 39.7. The lowest BCUT2D eigenvalue weighted by molar-refractivity contribution is -0.400. The maximum atomic E-state index is 12.0. The Morgan fingerprint density at radius 1 is 0.553 bits per heavy atom. The first kappa shape index (κ1) is 38.5. The Morgan fingerprint density at radius 3 is 1.70 bits per heavy atom. The summed E-state index contributed by atoms with van der Waals surface area (Å²) in [5, 5.41) is 127. The molecule has 0 aromatic rings. The van der Waals surface area contributed by atoms with Crippen LogP contribution in [-0.4, -0.2) is 210 Å². The largest absolute Gasteiger partial charge is 0.394 e. The van der Waals surface area contributed by atoms with E-state index in [9.17, 15) is 66.1 Å². The van der Waals surface area contributed by atoms with Gasteiger partial charge in [-0.15, -0.1) is 0 Å². The second kappa shape index (κ2) is 16.2. The van der Waals surface area contributed by atoms with Crippen molar-refractivity contribution in [2.45, 2.75) is 137 Å². The maximum Gasteiger partial charge on any atom is 0.217 e. The molecule has 21 heteroatoms. The predicted octanol–water partition coefficient (Wildman–Crippen LogP) is -8.58. The zero-order valence-electron chi connectivity index (χ0n) is 25.3. The Morgan fingerprint density at radius 2 is 1.11 bits per heavy atom. The summed E-state index contributed by atoms with van der Waals surface area (Å²) in [7, 11) is 0. The van der Waals surface area contributed by atoms with Gasteiger partial charge in [0, 0.05) is 6.92 Å². The van der Waals surface area contributed by atoms with Crippen LogP contribution >= 0.6 is 0 Å². The zero-order chi connectivity index (χ0) is 34.9. The standard InChI is InChI=1S/C26H45NO20/c1-6-12(32)16(36)19(39)25(41-6)47-22-21(46-24-11(27-7(2)31)15(35)13(33)8(3-28)43-24)14(34)9(4-29)44-26(22)45-20-10(5-30)42-23(40)18(38)17(20)37/h6,8-26,28-30,32-40H,3-5H2,1-2H3,(H,27,31)/t6-,8+,9+,10+,11+,12+,13-,14-,15+,16+,17+,18+,19-,20+,21-,22+,23+,24+,25-,26-/m0/s1. The lowest BCUT2D eigenvalue weighted by Gasteiger charge is -2.50. The van der Waals surface area contributed by atoms with Crippen molar-refractivity contribution < 1.29 is 99.2 Å². The highest BCUT2D eigenvalue weighted by atomic mass is 16.8. The van der Waals surface area contributed by atoms with Crippen molar-refractivity contribution in [3.05, 3.63) is 0 Å². The first-order valence-corrected chi connectivity index (χ1v) is 15.0. The zero-order valence-corrected chi connectivity index (χ0v) is 25.3. The van der Waals surface area contributed by atoms with Crippen molar-refractivity contribution in [2.75, 3.05) is 19.8 Å². The van der Waals surface area contributed by atoms with Gasteiger partial charge in [0.2, 0.25) is 5.91 Å². The van der Waals surface area contributed by atoms with Crippen LogP contribution in [-0.2, 0) is 38.0 Å². The minimum Gasteiger partial charge on any atom is -0.394 e. The summed E-state index contributed by atoms with van der Waals surface area (Å²) >= 11 is 0. The van der Waals surface area contributed by atoms with E-state index in [-0.39, 0.29) is 0 Å². The maximum absolute atomic E-state index is 12.0. The third-order valence-corrected chi connectivity index (χ3v) is 8.57. The van der Waals surface area contributed by atoms with E-state index in [2.05, 4.69) is 5.32 Å². The molecular formula is C26H45NO20. The first-order valence-electron chi connectivity index (χ1n) is 15.0.